The Morgan fingerprint density at radius 1 is 0.909 bits per heavy atom. The van der Waals surface area contributed by atoms with Gasteiger partial charge in [0.15, 0.2) is 6.61 Å². The van der Waals surface area contributed by atoms with E-state index in [0.29, 0.717) is 24.3 Å². The third-order valence-electron chi connectivity index (χ3n) is 4.84. The summed E-state index contributed by atoms with van der Waals surface area (Å²) in [6.07, 6.45) is 0.556. The zero-order valence-corrected chi connectivity index (χ0v) is 18.1. The molecule has 3 aromatic carbocycles. The molecule has 33 heavy (non-hydrogen) atoms. The highest BCUT2D eigenvalue weighted by molar-refractivity contribution is 5.94. The van der Waals surface area contributed by atoms with Crippen molar-refractivity contribution in [2.75, 3.05) is 13.2 Å². The van der Waals surface area contributed by atoms with E-state index in [2.05, 4.69) is 20.7 Å². The molecule has 0 bridgehead atoms. The number of hydrogen-bond donors (Lipinski definition) is 2. The van der Waals surface area contributed by atoms with Crippen molar-refractivity contribution in [3.8, 4) is 5.75 Å². The van der Waals surface area contributed by atoms with Gasteiger partial charge in [-0.05, 0) is 47.3 Å². The Bertz CT molecular complexity index is 1080. The van der Waals surface area contributed by atoms with Crippen molar-refractivity contribution >= 4 is 11.8 Å². The Balaban J connectivity index is 1.49. The van der Waals surface area contributed by atoms with Crippen LogP contribution in [0.5, 0.6) is 5.75 Å². The maximum Gasteiger partial charge on any atom is 0.258 e. The largest absolute Gasteiger partial charge is 0.484 e. The smallest absolute Gasteiger partial charge is 0.258 e. The lowest BCUT2D eigenvalue weighted by molar-refractivity contribution is -0.123. The van der Waals surface area contributed by atoms with Gasteiger partial charge in [0.1, 0.15) is 5.75 Å². The van der Waals surface area contributed by atoms with Gasteiger partial charge in [0.2, 0.25) is 0 Å². The van der Waals surface area contributed by atoms with Gasteiger partial charge in [0, 0.05) is 29.6 Å². The van der Waals surface area contributed by atoms with Gasteiger partial charge in [0.25, 0.3) is 11.8 Å². The quantitative estimate of drug-likeness (QED) is 0.265. The van der Waals surface area contributed by atoms with Crippen molar-refractivity contribution in [3.05, 3.63) is 112 Å². The molecule has 2 N–H and O–H groups in total. The Hall–Kier alpha value is -4.29. The average molecular weight is 444 g/mol. The second-order valence-corrected chi connectivity index (χ2v) is 7.35. The standard InChI is InChI=1S/C25H25N5O3/c26-30-28-17-22(15-19-7-3-1-4-8-19)29-25(32)21-13-11-20(12-14-21)16-27-24(31)18-33-23-9-5-2-6-10-23/h1-14,22H,15-18H2,(H,27,31)(H,29,32)/t22-/m0/s1. The number of rotatable bonds is 11. The fourth-order valence-corrected chi connectivity index (χ4v) is 3.15. The van der Waals surface area contributed by atoms with Crippen LogP contribution in [0, 0.1) is 0 Å². The van der Waals surface area contributed by atoms with Crippen LogP contribution in [0.25, 0.3) is 10.4 Å². The predicted octanol–water partition coefficient (Wildman–Crippen LogP) is 4.03. The van der Waals surface area contributed by atoms with Crippen molar-refractivity contribution in [3.63, 3.8) is 0 Å². The van der Waals surface area contributed by atoms with Gasteiger partial charge in [0.05, 0.1) is 0 Å². The molecule has 0 saturated carbocycles. The lowest BCUT2D eigenvalue weighted by Crippen LogP contribution is -2.38. The fraction of sp³-hybridized carbons (Fsp3) is 0.200. The SMILES string of the molecule is [N-]=[N+]=NC[C@H](Cc1ccccc1)NC(=O)c1ccc(CNC(=O)COc2ccccc2)cc1. The summed E-state index contributed by atoms with van der Waals surface area (Å²) in [6, 6.07) is 25.5. The summed E-state index contributed by atoms with van der Waals surface area (Å²) in [4.78, 5) is 27.5. The maximum absolute atomic E-state index is 12.7. The van der Waals surface area contributed by atoms with Crippen LogP contribution in [-0.2, 0) is 17.8 Å². The molecule has 0 aliphatic carbocycles. The molecular weight excluding hydrogens is 418 g/mol. The average Bonchev–Trinajstić information content (AvgIpc) is 2.86. The molecule has 168 valence electrons. The van der Waals surface area contributed by atoms with Gasteiger partial charge in [-0.15, -0.1) is 0 Å². The summed E-state index contributed by atoms with van der Waals surface area (Å²) in [7, 11) is 0. The number of carbonyl (C=O) groups is 2. The number of benzene rings is 3. The minimum absolute atomic E-state index is 0.0709. The molecule has 0 spiro atoms. The summed E-state index contributed by atoms with van der Waals surface area (Å²) in [5, 5.41) is 9.34. The van der Waals surface area contributed by atoms with Crippen LogP contribution >= 0.6 is 0 Å². The first-order valence-corrected chi connectivity index (χ1v) is 10.5. The van der Waals surface area contributed by atoms with Crippen molar-refractivity contribution in [1.82, 2.24) is 10.6 Å². The molecule has 0 aliphatic heterocycles. The van der Waals surface area contributed by atoms with E-state index in [1.54, 1.807) is 36.4 Å². The summed E-state index contributed by atoms with van der Waals surface area (Å²) < 4.78 is 5.42. The first-order valence-electron chi connectivity index (χ1n) is 10.5. The van der Waals surface area contributed by atoms with Crippen molar-refractivity contribution in [2.24, 2.45) is 5.11 Å². The highest BCUT2D eigenvalue weighted by atomic mass is 16.5. The van der Waals surface area contributed by atoms with Crippen LogP contribution in [0.4, 0.5) is 0 Å². The number of nitrogens with one attached hydrogen (secondary N) is 2. The number of carbonyl (C=O) groups excluding carboxylic acids is 2. The van der Waals surface area contributed by atoms with Crippen molar-refractivity contribution < 1.29 is 14.3 Å². The van der Waals surface area contributed by atoms with Crippen LogP contribution in [0.3, 0.4) is 0 Å². The number of nitrogens with zero attached hydrogens (tertiary/aromatic N) is 3. The Labute approximate surface area is 192 Å². The zero-order valence-electron chi connectivity index (χ0n) is 18.1. The number of azide groups is 1. The molecule has 0 fully saturated rings. The monoisotopic (exact) mass is 443 g/mol. The molecule has 8 heteroatoms. The predicted molar refractivity (Wildman–Crippen MR) is 126 cm³/mol. The van der Waals surface area contributed by atoms with Crippen LogP contribution in [0.2, 0.25) is 0 Å². The molecule has 0 saturated heterocycles. The van der Waals surface area contributed by atoms with E-state index in [9.17, 15) is 9.59 Å². The van der Waals surface area contributed by atoms with Gasteiger partial charge < -0.3 is 15.4 Å². The van der Waals surface area contributed by atoms with E-state index < -0.39 is 0 Å². The molecule has 0 aliphatic rings. The third-order valence-corrected chi connectivity index (χ3v) is 4.84. The summed E-state index contributed by atoms with van der Waals surface area (Å²) in [5.74, 6) is 0.146. The number of hydrogen-bond acceptors (Lipinski definition) is 4. The van der Waals surface area contributed by atoms with Crippen LogP contribution in [-0.4, -0.2) is 31.0 Å². The molecule has 0 radical (unpaired) electrons. The third kappa shape index (κ3) is 8.05. The summed E-state index contributed by atoms with van der Waals surface area (Å²) >= 11 is 0. The molecule has 2 amide bonds. The Kier molecular flexibility index (Phi) is 8.88. The number of ether oxygens (including phenoxy) is 1. The van der Waals surface area contributed by atoms with Gasteiger partial charge in [-0.1, -0.05) is 65.8 Å². The molecule has 8 nitrogen and oxygen atoms in total. The lowest BCUT2D eigenvalue weighted by atomic mass is 10.1. The molecule has 0 heterocycles. The molecule has 3 aromatic rings. The van der Waals surface area contributed by atoms with Gasteiger partial charge in [-0.25, -0.2) is 0 Å². The topological polar surface area (TPSA) is 116 Å². The minimum Gasteiger partial charge on any atom is -0.484 e. The molecule has 1 atom stereocenters. The van der Waals surface area contributed by atoms with E-state index >= 15 is 0 Å². The second-order valence-electron chi connectivity index (χ2n) is 7.35. The molecule has 3 rings (SSSR count). The maximum atomic E-state index is 12.7. The van der Waals surface area contributed by atoms with Crippen molar-refractivity contribution in [1.29, 1.82) is 0 Å². The van der Waals surface area contributed by atoms with Gasteiger partial charge in [-0.2, -0.15) is 0 Å². The first-order chi connectivity index (χ1) is 16.1. The molecular formula is C25H25N5O3. The normalized spacial score (nSPS) is 11.0. The van der Waals surface area contributed by atoms with E-state index in [-0.39, 0.29) is 31.0 Å². The van der Waals surface area contributed by atoms with E-state index in [4.69, 9.17) is 10.3 Å². The van der Waals surface area contributed by atoms with E-state index in [1.165, 1.54) is 0 Å². The highest BCUT2D eigenvalue weighted by Crippen LogP contribution is 2.09. The molecule has 0 unspecified atom stereocenters. The minimum atomic E-state index is -0.320. The number of amides is 2. The first kappa shape index (κ1) is 23.4. The summed E-state index contributed by atoms with van der Waals surface area (Å²) in [6.45, 7) is 0.414. The summed E-state index contributed by atoms with van der Waals surface area (Å²) in [5.41, 5.74) is 11.0. The zero-order chi connectivity index (χ0) is 23.3. The van der Waals surface area contributed by atoms with Gasteiger partial charge >= 0.3 is 0 Å². The molecule has 0 aromatic heterocycles. The Morgan fingerprint density at radius 2 is 1.58 bits per heavy atom. The Morgan fingerprint density at radius 3 is 2.24 bits per heavy atom. The second kappa shape index (κ2) is 12.5. The highest BCUT2D eigenvalue weighted by Gasteiger charge is 2.14. The number of para-hydroxylation sites is 1. The van der Waals surface area contributed by atoms with Gasteiger partial charge in [-0.3, -0.25) is 9.59 Å². The van der Waals surface area contributed by atoms with Crippen LogP contribution in [0.15, 0.2) is 90.0 Å². The van der Waals surface area contributed by atoms with E-state index in [0.717, 1.165) is 11.1 Å². The van der Waals surface area contributed by atoms with Crippen molar-refractivity contribution in [2.45, 2.75) is 19.0 Å². The van der Waals surface area contributed by atoms with E-state index in [1.807, 2.05) is 48.5 Å². The van der Waals surface area contributed by atoms with Crippen LogP contribution < -0.4 is 15.4 Å². The fourth-order valence-electron chi connectivity index (χ4n) is 3.15. The van der Waals surface area contributed by atoms with Crippen LogP contribution in [0.1, 0.15) is 21.5 Å². The lowest BCUT2D eigenvalue weighted by Gasteiger charge is -2.17.